The second-order valence-corrected chi connectivity index (χ2v) is 10.2. The number of hydrogen-bond donors (Lipinski definition) is 2. The fourth-order valence-electron chi connectivity index (χ4n) is 4.39. The molecule has 1 heterocycles. The van der Waals surface area contributed by atoms with Crippen LogP contribution in [0.15, 0.2) is 24.3 Å². The molecule has 3 N–H and O–H groups in total. The maximum Gasteiger partial charge on any atom is 0.305 e. The number of anilines is 1. The van der Waals surface area contributed by atoms with Crippen LogP contribution in [-0.2, 0) is 54.1 Å². The van der Waals surface area contributed by atoms with Gasteiger partial charge in [-0.2, -0.15) is 0 Å². The minimum atomic E-state index is -1.52. The van der Waals surface area contributed by atoms with Crippen molar-refractivity contribution in [2.24, 2.45) is 5.73 Å². The van der Waals surface area contributed by atoms with Gasteiger partial charge in [-0.25, -0.2) is 0 Å². The quantitative estimate of drug-likeness (QED) is 0.169. The number of ether oxygens (including phenoxy) is 5. The minimum absolute atomic E-state index is 0.113. The summed E-state index contributed by atoms with van der Waals surface area (Å²) in [5.74, 6) is -2.89. The molecule has 1 aliphatic rings. The molecule has 1 aromatic carbocycles. The molecule has 0 aliphatic carbocycles. The zero-order valence-corrected chi connectivity index (χ0v) is 25.4. The molecule has 0 bridgehead atoms. The van der Waals surface area contributed by atoms with Crippen molar-refractivity contribution in [3.8, 4) is 0 Å². The number of hydrogen-bond acceptors (Lipinski definition) is 12. The molecular formula is C27H37Cl2N3O10. The smallest absolute Gasteiger partial charge is 0.305 e. The maximum atomic E-state index is 13.3. The van der Waals surface area contributed by atoms with Gasteiger partial charge in [0.15, 0.2) is 12.2 Å². The molecule has 1 unspecified atom stereocenters. The number of alkyl halides is 2. The van der Waals surface area contributed by atoms with E-state index >= 15 is 0 Å². The third-order valence-electron chi connectivity index (χ3n) is 6.07. The summed E-state index contributed by atoms with van der Waals surface area (Å²) >= 11 is 11.9. The first-order chi connectivity index (χ1) is 19.9. The van der Waals surface area contributed by atoms with E-state index in [1.54, 1.807) is 6.07 Å². The zero-order chi connectivity index (χ0) is 31.4. The average molecular weight is 635 g/mol. The van der Waals surface area contributed by atoms with Crippen molar-refractivity contribution in [3.63, 3.8) is 0 Å². The van der Waals surface area contributed by atoms with Gasteiger partial charge in [0.1, 0.15) is 18.8 Å². The molecule has 2 rings (SSSR count). The Bertz CT molecular complexity index is 1100. The second kappa shape index (κ2) is 17.1. The van der Waals surface area contributed by atoms with Crippen LogP contribution in [-0.4, -0.2) is 97.9 Å². The lowest BCUT2D eigenvalue weighted by Crippen LogP contribution is -2.68. The molecule has 0 radical (unpaired) electrons. The van der Waals surface area contributed by atoms with E-state index in [0.717, 1.165) is 38.9 Å². The summed E-state index contributed by atoms with van der Waals surface area (Å²) in [6, 6.07) is 4.94. The third kappa shape index (κ3) is 10.9. The van der Waals surface area contributed by atoms with Crippen LogP contribution in [0.2, 0.25) is 0 Å². The Morgan fingerprint density at radius 1 is 0.929 bits per heavy atom. The molecule has 1 aliphatic heterocycles. The van der Waals surface area contributed by atoms with E-state index in [1.165, 1.54) is 0 Å². The summed E-state index contributed by atoms with van der Waals surface area (Å²) in [4.78, 5) is 62.7. The van der Waals surface area contributed by atoms with Gasteiger partial charge in [-0.3, -0.25) is 24.0 Å². The molecule has 0 spiro atoms. The topological polar surface area (TPSA) is 173 Å². The van der Waals surface area contributed by atoms with Crippen LogP contribution in [0.25, 0.3) is 0 Å². The standard InChI is InChI=1S/C27H37Cl2N3O10/c1-15(33)38-14-22-24(39-16(2)34)25(40-17(3)35)23(27(42-22)41-18(4)36)31-26(37)21(30)13-19-6-5-7-20(12-19)32(10-8-28)11-9-29/h5-7,12,21-25,27H,8-11,13-14,30H2,1-4H3,(H,31,37)/t21-,22+,23+,24+,25+,27?/m0/s1. The highest BCUT2D eigenvalue weighted by molar-refractivity contribution is 6.18. The van der Waals surface area contributed by atoms with Gasteiger partial charge in [-0.1, -0.05) is 12.1 Å². The van der Waals surface area contributed by atoms with Gasteiger partial charge in [0.25, 0.3) is 0 Å². The molecule has 6 atom stereocenters. The Labute approximate surface area is 254 Å². The number of benzene rings is 1. The normalized spacial score (nSPS) is 22.3. The summed E-state index contributed by atoms with van der Waals surface area (Å²) in [7, 11) is 0. The number of nitrogens with one attached hydrogen (secondary N) is 1. The minimum Gasteiger partial charge on any atom is -0.463 e. The highest BCUT2D eigenvalue weighted by Gasteiger charge is 2.52. The van der Waals surface area contributed by atoms with Crippen molar-refractivity contribution in [1.29, 1.82) is 0 Å². The number of nitrogens with zero attached hydrogens (tertiary/aromatic N) is 1. The third-order valence-corrected chi connectivity index (χ3v) is 6.41. The lowest BCUT2D eigenvalue weighted by molar-refractivity contribution is -0.271. The molecule has 1 saturated heterocycles. The van der Waals surface area contributed by atoms with Crippen LogP contribution < -0.4 is 16.0 Å². The SMILES string of the molecule is CC(=O)OC[C@H]1OC(OC(C)=O)[C@H](NC(=O)[C@@H](N)Cc2cccc(N(CCCl)CCCl)c2)[C@@H](OC(C)=O)[C@@H]1OC(C)=O. The van der Waals surface area contributed by atoms with Crippen molar-refractivity contribution < 1.29 is 47.7 Å². The lowest BCUT2D eigenvalue weighted by atomic mass is 9.95. The van der Waals surface area contributed by atoms with E-state index < -0.39 is 73.1 Å². The van der Waals surface area contributed by atoms with Gasteiger partial charge in [0.05, 0.1) is 6.04 Å². The van der Waals surface area contributed by atoms with Crippen LogP contribution >= 0.6 is 23.2 Å². The van der Waals surface area contributed by atoms with Gasteiger partial charge in [0, 0.05) is 58.2 Å². The number of amides is 1. The van der Waals surface area contributed by atoms with E-state index in [1.807, 2.05) is 23.1 Å². The van der Waals surface area contributed by atoms with Crippen molar-refractivity contribution in [3.05, 3.63) is 29.8 Å². The highest BCUT2D eigenvalue weighted by atomic mass is 35.5. The first-order valence-corrected chi connectivity index (χ1v) is 14.2. The molecule has 13 nitrogen and oxygen atoms in total. The number of carbonyl (C=O) groups is 5. The number of rotatable bonds is 14. The Kier molecular flexibility index (Phi) is 14.3. The fourth-order valence-corrected chi connectivity index (χ4v) is 4.80. The van der Waals surface area contributed by atoms with Gasteiger partial charge in [-0.05, 0) is 24.1 Å². The Morgan fingerprint density at radius 3 is 2.07 bits per heavy atom. The summed E-state index contributed by atoms with van der Waals surface area (Å²) in [6.45, 7) is 5.21. The second-order valence-electron chi connectivity index (χ2n) is 9.48. The number of carbonyl (C=O) groups excluding carboxylic acids is 5. The van der Waals surface area contributed by atoms with Gasteiger partial charge in [0.2, 0.25) is 12.2 Å². The summed E-state index contributed by atoms with van der Waals surface area (Å²) < 4.78 is 26.9. The van der Waals surface area contributed by atoms with Crippen molar-refractivity contribution in [1.82, 2.24) is 5.32 Å². The summed E-state index contributed by atoms with van der Waals surface area (Å²) in [5.41, 5.74) is 7.86. The summed E-state index contributed by atoms with van der Waals surface area (Å²) in [5, 5.41) is 2.63. The van der Waals surface area contributed by atoms with Crippen LogP contribution in [0, 0.1) is 0 Å². The molecule has 0 aromatic heterocycles. The molecule has 15 heteroatoms. The van der Waals surface area contributed by atoms with Crippen LogP contribution in [0.5, 0.6) is 0 Å². The van der Waals surface area contributed by atoms with Crippen molar-refractivity contribution in [2.75, 3.05) is 36.4 Å². The number of halogens is 2. The van der Waals surface area contributed by atoms with E-state index in [2.05, 4.69) is 5.32 Å². The first kappa shape index (κ1) is 35.1. The van der Waals surface area contributed by atoms with E-state index in [4.69, 9.17) is 52.6 Å². The largest absolute Gasteiger partial charge is 0.463 e. The zero-order valence-electron chi connectivity index (χ0n) is 23.9. The monoisotopic (exact) mass is 633 g/mol. The van der Waals surface area contributed by atoms with Crippen LogP contribution in [0.3, 0.4) is 0 Å². The van der Waals surface area contributed by atoms with Crippen LogP contribution in [0.1, 0.15) is 33.3 Å². The molecular weight excluding hydrogens is 597 g/mol. The fraction of sp³-hybridized carbons (Fsp3) is 0.593. The Balaban J connectivity index is 2.34. The molecule has 234 valence electrons. The van der Waals surface area contributed by atoms with E-state index in [-0.39, 0.29) is 6.42 Å². The highest BCUT2D eigenvalue weighted by Crippen LogP contribution is 2.28. The Morgan fingerprint density at radius 2 is 1.52 bits per heavy atom. The van der Waals surface area contributed by atoms with Crippen molar-refractivity contribution in [2.45, 2.75) is 70.8 Å². The molecule has 1 aromatic rings. The molecule has 0 saturated carbocycles. The number of esters is 4. The maximum absolute atomic E-state index is 13.3. The van der Waals surface area contributed by atoms with Gasteiger partial charge in [-0.15, -0.1) is 23.2 Å². The molecule has 1 fully saturated rings. The van der Waals surface area contributed by atoms with E-state index in [9.17, 15) is 24.0 Å². The predicted molar refractivity (Wildman–Crippen MR) is 152 cm³/mol. The van der Waals surface area contributed by atoms with E-state index in [0.29, 0.717) is 24.8 Å². The predicted octanol–water partition coefficient (Wildman–Crippen LogP) is 1.04. The molecule has 42 heavy (non-hydrogen) atoms. The Hall–Kier alpha value is -3.13. The number of nitrogens with two attached hydrogens (primary N) is 1. The van der Waals surface area contributed by atoms with Gasteiger partial charge < -0.3 is 39.6 Å². The van der Waals surface area contributed by atoms with Gasteiger partial charge >= 0.3 is 23.9 Å². The van der Waals surface area contributed by atoms with Crippen molar-refractivity contribution >= 4 is 58.7 Å². The lowest BCUT2D eigenvalue weighted by Gasteiger charge is -2.44. The molecule has 1 amide bonds. The van der Waals surface area contributed by atoms with Crippen LogP contribution in [0.4, 0.5) is 5.69 Å². The summed E-state index contributed by atoms with van der Waals surface area (Å²) in [6.07, 6.45) is -5.35. The average Bonchev–Trinajstić information content (AvgIpc) is 2.90. The first-order valence-electron chi connectivity index (χ1n) is 13.2.